The van der Waals surface area contributed by atoms with Gasteiger partial charge in [0.05, 0.1) is 18.8 Å². The third-order valence-corrected chi connectivity index (χ3v) is 2.52. The number of aliphatic hydroxyl groups excluding tert-OH is 1. The Morgan fingerprint density at radius 1 is 1.44 bits per heavy atom. The Morgan fingerprint density at radius 2 is 1.88 bits per heavy atom. The molecular weight excluding hydrogens is 228 g/mol. The Bertz CT molecular complexity index is 301. The van der Waals surface area contributed by atoms with Crippen molar-refractivity contribution in [2.45, 2.75) is 13.0 Å². The number of nitrogens with zero attached hydrogens (tertiary/aromatic N) is 1. The fourth-order valence-corrected chi connectivity index (χ4v) is 2.09. The van der Waals surface area contributed by atoms with Gasteiger partial charge in [0.2, 0.25) is 0 Å². The van der Waals surface area contributed by atoms with Gasteiger partial charge in [0.15, 0.2) is 0 Å². The molecule has 0 aromatic rings. The number of aliphatic carboxylic acids is 1. The Hall–Kier alpha value is -0.273. The van der Waals surface area contributed by atoms with Crippen LogP contribution < -0.4 is 24.0 Å². The Morgan fingerprint density at radius 3 is 2.12 bits per heavy atom. The molecule has 0 rings (SSSR count). The molecule has 0 saturated heterocycles. The second-order valence-electron chi connectivity index (χ2n) is 3.80. The van der Waals surface area contributed by atoms with Crippen molar-refractivity contribution in [1.29, 1.82) is 0 Å². The van der Waals surface area contributed by atoms with Gasteiger partial charge in [-0.3, -0.25) is 4.79 Å². The van der Waals surface area contributed by atoms with Gasteiger partial charge in [-0.2, -0.15) is 0 Å². The first kappa shape index (κ1) is 18.1. The number of carbonyl (C=O) groups is 2. The number of hydrogen-bond donors (Lipinski definition) is 1. The van der Waals surface area contributed by atoms with E-state index in [9.17, 15) is 19.3 Å². The summed E-state index contributed by atoms with van der Waals surface area (Å²) in [4.78, 5) is 22.5. The standard InChI is InChI=1S/C8H16NO5P.Li/c1-6(10)8(13)9(4-7(11)12)5-15(2,3)14;/h6,10H,4-5H2,1-3H3,(H,11,12);/q;+1/p-1. The number of amides is 1. The van der Waals surface area contributed by atoms with Crippen molar-refractivity contribution in [1.82, 2.24) is 4.90 Å². The van der Waals surface area contributed by atoms with Crippen molar-refractivity contribution in [3.63, 3.8) is 0 Å². The molecule has 1 amide bonds. The van der Waals surface area contributed by atoms with E-state index < -0.39 is 31.7 Å². The van der Waals surface area contributed by atoms with Crippen LogP contribution in [0.1, 0.15) is 6.92 Å². The number of hydrogen-bond acceptors (Lipinski definition) is 5. The van der Waals surface area contributed by atoms with E-state index in [-0.39, 0.29) is 25.1 Å². The quantitative estimate of drug-likeness (QED) is 0.388. The number of carbonyl (C=O) groups excluding carboxylic acids is 2. The fourth-order valence-electron chi connectivity index (χ4n) is 1.03. The first-order valence-corrected chi connectivity index (χ1v) is 7.13. The first-order chi connectivity index (χ1) is 6.63. The van der Waals surface area contributed by atoms with Gasteiger partial charge < -0.3 is 24.5 Å². The molecule has 6 nitrogen and oxygen atoms in total. The van der Waals surface area contributed by atoms with E-state index in [4.69, 9.17) is 5.11 Å². The molecule has 1 atom stereocenters. The number of rotatable bonds is 5. The maximum atomic E-state index is 11.4. The molecule has 0 heterocycles. The minimum absolute atomic E-state index is 0. The zero-order valence-electron chi connectivity index (χ0n) is 9.97. The summed E-state index contributed by atoms with van der Waals surface area (Å²) in [6, 6.07) is 0. The summed E-state index contributed by atoms with van der Waals surface area (Å²) in [6.45, 7) is 3.44. The molecule has 88 valence electrons. The van der Waals surface area contributed by atoms with Gasteiger partial charge in [-0.05, 0) is 20.3 Å². The molecule has 0 bridgehead atoms. The topological polar surface area (TPSA) is 97.7 Å². The second kappa shape index (κ2) is 7.13. The SMILES string of the molecule is CC(O)C(=O)N(CC(=O)[O-])CP(C)(C)=O.[Li+]. The summed E-state index contributed by atoms with van der Waals surface area (Å²) >= 11 is 0. The van der Waals surface area contributed by atoms with E-state index >= 15 is 0 Å². The number of carboxylic acids is 1. The summed E-state index contributed by atoms with van der Waals surface area (Å²) in [5, 5.41) is 19.4. The van der Waals surface area contributed by atoms with Gasteiger partial charge in [0.25, 0.3) is 5.91 Å². The van der Waals surface area contributed by atoms with E-state index in [2.05, 4.69) is 0 Å². The van der Waals surface area contributed by atoms with Crippen LogP contribution >= 0.6 is 7.14 Å². The van der Waals surface area contributed by atoms with Crippen molar-refractivity contribution in [2.24, 2.45) is 0 Å². The van der Waals surface area contributed by atoms with E-state index in [1.165, 1.54) is 20.3 Å². The van der Waals surface area contributed by atoms with Crippen LogP contribution in [0.15, 0.2) is 0 Å². The molecule has 0 saturated carbocycles. The molecule has 0 spiro atoms. The normalized spacial score (nSPS) is 12.5. The fraction of sp³-hybridized carbons (Fsp3) is 0.750. The van der Waals surface area contributed by atoms with Crippen molar-refractivity contribution in [2.75, 3.05) is 26.2 Å². The predicted octanol–water partition coefficient (Wildman–Crippen LogP) is -4.47. The summed E-state index contributed by atoms with van der Waals surface area (Å²) in [5.74, 6) is -2.21. The zero-order valence-corrected chi connectivity index (χ0v) is 10.9. The van der Waals surface area contributed by atoms with Crippen LogP contribution in [-0.2, 0) is 14.2 Å². The Labute approximate surface area is 107 Å². The number of aliphatic hydroxyl groups is 1. The molecule has 0 aliphatic heterocycles. The average Bonchev–Trinajstić information content (AvgIpc) is 1.97. The summed E-state index contributed by atoms with van der Waals surface area (Å²) in [7, 11) is -2.57. The molecule has 0 aromatic heterocycles. The molecular formula is C8H15LiNO5P. The van der Waals surface area contributed by atoms with Crippen molar-refractivity contribution < 1.29 is 43.2 Å². The largest absolute Gasteiger partial charge is 1.00 e. The molecule has 1 unspecified atom stereocenters. The Balaban J connectivity index is 0. The van der Waals surface area contributed by atoms with Gasteiger partial charge in [-0.1, -0.05) is 0 Å². The van der Waals surface area contributed by atoms with Gasteiger partial charge >= 0.3 is 18.9 Å². The third-order valence-electron chi connectivity index (χ3n) is 1.50. The third kappa shape index (κ3) is 7.95. The van der Waals surface area contributed by atoms with Gasteiger partial charge in [-0.15, -0.1) is 0 Å². The predicted molar refractivity (Wildman–Crippen MR) is 52.7 cm³/mol. The maximum absolute atomic E-state index is 11.4. The minimum Gasteiger partial charge on any atom is -0.548 e. The zero-order chi connectivity index (χ0) is 12.2. The van der Waals surface area contributed by atoms with Crippen LogP contribution in [-0.4, -0.2) is 54.1 Å². The van der Waals surface area contributed by atoms with Crippen molar-refractivity contribution in [3.8, 4) is 0 Å². The molecule has 0 fully saturated rings. The van der Waals surface area contributed by atoms with E-state index in [0.29, 0.717) is 0 Å². The molecule has 1 N–H and O–H groups in total. The summed E-state index contributed by atoms with van der Waals surface area (Å²) in [5.41, 5.74) is 0. The van der Waals surface area contributed by atoms with E-state index in [1.807, 2.05) is 0 Å². The average molecular weight is 243 g/mol. The summed E-state index contributed by atoms with van der Waals surface area (Å²) < 4.78 is 11.4. The van der Waals surface area contributed by atoms with Crippen LogP contribution in [0.5, 0.6) is 0 Å². The van der Waals surface area contributed by atoms with Crippen molar-refractivity contribution >= 4 is 19.0 Å². The van der Waals surface area contributed by atoms with Gasteiger partial charge in [-0.25, -0.2) is 0 Å². The maximum Gasteiger partial charge on any atom is 1.00 e. The first-order valence-electron chi connectivity index (χ1n) is 4.34. The number of carboxylic acid groups (broad SMARTS) is 1. The molecule has 8 heteroatoms. The minimum atomic E-state index is -2.57. The van der Waals surface area contributed by atoms with E-state index in [0.717, 1.165) is 4.90 Å². The van der Waals surface area contributed by atoms with E-state index in [1.54, 1.807) is 0 Å². The molecule has 0 aromatic carbocycles. The molecule has 0 radical (unpaired) electrons. The van der Waals surface area contributed by atoms with Crippen molar-refractivity contribution in [3.05, 3.63) is 0 Å². The second-order valence-corrected chi connectivity index (χ2v) is 7.23. The van der Waals surface area contributed by atoms with Gasteiger partial charge in [0, 0.05) is 0 Å². The Kier molecular flexibility index (Phi) is 8.07. The molecule has 16 heavy (non-hydrogen) atoms. The molecule has 0 aliphatic rings. The smallest absolute Gasteiger partial charge is 0.548 e. The van der Waals surface area contributed by atoms with Crippen LogP contribution in [0.3, 0.4) is 0 Å². The monoisotopic (exact) mass is 243 g/mol. The molecule has 0 aliphatic carbocycles. The van der Waals surface area contributed by atoms with Crippen LogP contribution in [0.4, 0.5) is 0 Å². The van der Waals surface area contributed by atoms with Crippen LogP contribution in [0, 0.1) is 0 Å². The van der Waals surface area contributed by atoms with Crippen LogP contribution in [0.2, 0.25) is 0 Å². The summed E-state index contributed by atoms with van der Waals surface area (Å²) in [6.07, 6.45) is -1.49. The van der Waals surface area contributed by atoms with Crippen LogP contribution in [0.25, 0.3) is 0 Å². The van der Waals surface area contributed by atoms with Gasteiger partial charge in [0.1, 0.15) is 13.2 Å².